The van der Waals surface area contributed by atoms with Crippen molar-refractivity contribution < 1.29 is 45.7 Å². The maximum absolute atomic E-state index is 13.7. The Hall–Kier alpha value is -1.03. The van der Waals surface area contributed by atoms with Crippen LogP contribution in [0.5, 0.6) is 0 Å². The standard InChI is InChI=1S/C15H22F6O4/c1-6-10(2,3)9(22)24-12(14(16,17)18)7-11(4,5)25-13(23,8-12)15(19,20)21/h23H,6-8H2,1-5H3. The van der Waals surface area contributed by atoms with Crippen molar-refractivity contribution in [3.05, 3.63) is 0 Å². The molecule has 0 saturated carbocycles. The molecule has 1 saturated heterocycles. The topological polar surface area (TPSA) is 55.8 Å². The van der Waals surface area contributed by atoms with E-state index in [4.69, 9.17) is 0 Å². The summed E-state index contributed by atoms with van der Waals surface area (Å²) >= 11 is 0. The molecule has 1 N–H and O–H groups in total. The lowest BCUT2D eigenvalue weighted by Gasteiger charge is -2.51. The highest BCUT2D eigenvalue weighted by molar-refractivity contribution is 5.76. The first kappa shape index (κ1) is 22.0. The normalized spacial score (nSPS) is 30.9. The molecule has 1 rings (SSSR count). The molecule has 10 heteroatoms. The lowest BCUT2D eigenvalue weighted by molar-refractivity contribution is -0.440. The molecule has 0 amide bonds. The first-order chi connectivity index (χ1) is 10.8. The van der Waals surface area contributed by atoms with Gasteiger partial charge >= 0.3 is 18.3 Å². The van der Waals surface area contributed by atoms with Crippen molar-refractivity contribution >= 4 is 5.97 Å². The average Bonchev–Trinajstić information content (AvgIpc) is 2.33. The Bertz CT molecular complexity index is 525. The van der Waals surface area contributed by atoms with E-state index in [1.165, 1.54) is 20.8 Å². The van der Waals surface area contributed by atoms with E-state index >= 15 is 0 Å². The highest BCUT2D eigenvalue weighted by atomic mass is 19.4. The zero-order chi connectivity index (χ0) is 20.1. The van der Waals surface area contributed by atoms with Crippen LogP contribution in [0.15, 0.2) is 0 Å². The molecular formula is C15H22F6O4. The lowest BCUT2D eigenvalue weighted by Crippen LogP contribution is -2.68. The van der Waals surface area contributed by atoms with E-state index in [9.17, 15) is 36.2 Å². The largest absolute Gasteiger partial charge is 0.449 e. The summed E-state index contributed by atoms with van der Waals surface area (Å²) in [4.78, 5) is 12.2. The fourth-order valence-corrected chi connectivity index (χ4v) is 2.61. The summed E-state index contributed by atoms with van der Waals surface area (Å²) < 4.78 is 89.7. The summed E-state index contributed by atoms with van der Waals surface area (Å²) in [6, 6.07) is 0. The fourth-order valence-electron chi connectivity index (χ4n) is 2.61. The first-order valence-corrected chi connectivity index (χ1v) is 7.60. The van der Waals surface area contributed by atoms with Crippen LogP contribution in [-0.4, -0.2) is 40.4 Å². The Morgan fingerprint density at radius 3 is 1.92 bits per heavy atom. The van der Waals surface area contributed by atoms with Crippen LogP contribution in [-0.2, 0) is 14.3 Å². The SMILES string of the molecule is CCC(C)(C)C(=O)OC1(C(F)(F)F)CC(C)(C)OC(O)(C(F)(F)F)C1. The van der Waals surface area contributed by atoms with Crippen LogP contribution >= 0.6 is 0 Å². The van der Waals surface area contributed by atoms with E-state index in [0.717, 1.165) is 13.8 Å². The quantitative estimate of drug-likeness (QED) is 0.592. The highest BCUT2D eigenvalue weighted by Crippen LogP contribution is 2.54. The number of ether oxygens (including phenoxy) is 2. The van der Waals surface area contributed by atoms with Crippen LogP contribution in [0.2, 0.25) is 0 Å². The molecule has 148 valence electrons. The minimum absolute atomic E-state index is 0.114. The van der Waals surface area contributed by atoms with Gasteiger partial charge in [0.1, 0.15) is 0 Å². The van der Waals surface area contributed by atoms with E-state index in [1.54, 1.807) is 0 Å². The number of hydrogen-bond donors (Lipinski definition) is 1. The van der Waals surface area contributed by atoms with Crippen molar-refractivity contribution in [1.82, 2.24) is 0 Å². The fraction of sp³-hybridized carbons (Fsp3) is 0.933. The lowest BCUT2D eigenvalue weighted by atomic mass is 9.78. The van der Waals surface area contributed by atoms with Gasteiger partial charge < -0.3 is 14.6 Å². The van der Waals surface area contributed by atoms with E-state index < -0.39 is 53.6 Å². The van der Waals surface area contributed by atoms with Gasteiger partial charge in [-0.3, -0.25) is 4.79 Å². The summed E-state index contributed by atoms with van der Waals surface area (Å²) in [6.07, 6.45) is -13.8. The molecule has 0 aliphatic carbocycles. The number of esters is 1. The Morgan fingerprint density at radius 1 is 1.08 bits per heavy atom. The van der Waals surface area contributed by atoms with Gasteiger partial charge in [-0.1, -0.05) is 6.92 Å². The summed E-state index contributed by atoms with van der Waals surface area (Å²) in [5.41, 5.74) is -6.91. The third kappa shape index (κ3) is 4.21. The second kappa shape index (κ2) is 6.00. The Kier molecular flexibility index (Phi) is 5.29. The van der Waals surface area contributed by atoms with Crippen LogP contribution in [0.4, 0.5) is 26.3 Å². The maximum atomic E-state index is 13.7. The van der Waals surface area contributed by atoms with Crippen LogP contribution in [0, 0.1) is 5.41 Å². The van der Waals surface area contributed by atoms with Crippen molar-refractivity contribution in [3.63, 3.8) is 0 Å². The third-order valence-corrected chi connectivity index (χ3v) is 4.37. The number of rotatable bonds is 3. The molecule has 0 aromatic heterocycles. The van der Waals surface area contributed by atoms with E-state index in [-0.39, 0.29) is 6.42 Å². The molecule has 2 atom stereocenters. The zero-order valence-corrected chi connectivity index (χ0v) is 14.6. The van der Waals surface area contributed by atoms with Gasteiger partial charge in [0.15, 0.2) is 0 Å². The maximum Gasteiger partial charge on any atom is 0.443 e. The Morgan fingerprint density at radius 2 is 1.56 bits per heavy atom. The molecule has 1 aliphatic rings. The molecule has 0 bridgehead atoms. The van der Waals surface area contributed by atoms with Crippen molar-refractivity contribution in [1.29, 1.82) is 0 Å². The van der Waals surface area contributed by atoms with Crippen LogP contribution in [0.3, 0.4) is 0 Å². The molecular weight excluding hydrogens is 358 g/mol. The van der Waals surface area contributed by atoms with Gasteiger partial charge in [-0.25, -0.2) is 0 Å². The van der Waals surface area contributed by atoms with E-state index in [1.807, 2.05) is 0 Å². The summed E-state index contributed by atoms with van der Waals surface area (Å²) in [7, 11) is 0. The van der Waals surface area contributed by atoms with Crippen molar-refractivity contribution in [2.24, 2.45) is 5.41 Å². The molecule has 0 radical (unpaired) electrons. The molecule has 0 aromatic rings. The summed E-state index contributed by atoms with van der Waals surface area (Å²) in [6.45, 7) is 6.09. The van der Waals surface area contributed by atoms with Crippen molar-refractivity contribution in [3.8, 4) is 0 Å². The molecule has 0 spiro atoms. The summed E-state index contributed by atoms with van der Waals surface area (Å²) in [5.74, 6) is -5.39. The number of hydrogen-bond acceptors (Lipinski definition) is 4. The number of aliphatic hydroxyl groups is 1. The van der Waals surface area contributed by atoms with Gasteiger partial charge in [0.25, 0.3) is 5.79 Å². The average molecular weight is 380 g/mol. The van der Waals surface area contributed by atoms with Gasteiger partial charge in [0, 0.05) is 6.42 Å². The molecule has 4 nitrogen and oxygen atoms in total. The molecule has 2 unspecified atom stereocenters. The number of carbonyl (C=O) groups excluding carboxylic acids is 1. The van der Waals surface area contributed by atoms with Crippen molar-refractivity contribution in [2.75, 3.05) is 0 Å². The monoisotopic (exact) mass is 380 g/mol. The second-order valence-corrected chi connectivity index (χ2v) is 7.62. The smallest absolute Gasteiger partial charge is 0.443 e. The number of alkyl halides is 6. The third-order valence-electron chi connectivity index (χ3n) is 4.37. The predicted molar refractivity (Wildman–Crippen MR) is 74.4 cm³/mol. The molecule has 0 aromatic carbocycles. The van der Waals surface area contributed by atoms with Gasteiger partial charge in [-0.05, 0) is 34.1 Å². The summed E-state index contributed by atoms with van der Waals surface area (Å²) in [5, 5.41) is 9.78. The van der Waals surface area contributed by atoms with Gasteiger partial charge in [0.2, 0.25) is 5.60 Å². The van der Waals surface area contributed by atoms with Crippen LogP contribution in [0.1, 0.15) is 53.9 Å². The second-order valence-electron chi connectivity index (χ2n) is 7.62. The first-order valence-electron chi connectivity index (χ1n) is 7.60. The predicted octanol–water partition coefficient (Wildman–Crippen LogP) is 4.11. The van der Waals surface area contributed by atoms with Crippen LogP contribution in [0.25, 0.3) is 0 Å². The minimum Gasteiger partial charge on any atom is -0.449 e. The van der Waals surface area contributed by atoms with Crippen LogP contribution < -0.4 is 0 Å². The van der Waals surface area contributed by atoms with Crippen molar-refractivity contribution in [2.45, 2.75) is 83.2 Å². The van der Waals surface area contributed by atoms with Gasteiger partial charge in [-0.15, -0.1) is 0 Å². The van der Waals surface area contributed by atoms with E-state index in [0.29, 0.717) is 0 Å². The zero-order valence-electron chi connectivity index (χ0n) is 14.6. The molecule has 1 fully saturated rings. The Labute approximate surface area is 141 Å². The molecule has 1 heterocycles. The number of carbonyl (C=O) groups is 1. The minimum atomic E-state index is -5.51. The number of halogens is 6. The van der Waals surface area contributed by atoms with Gasteiger partial charge in [0.05, 0.1) is 17.4 Å². The molecule has 25 heavy (non-hydrogen) atoms. The molecule has 1 aliphatic heterocycles. The highest BCUT2D eigenvalue weighted by Gasteiger charge is 2.73. The van der Waals surface area contributed by atoms with E-state index in [2.05, 4.69) is 9.47 Å². The van der Waals surface area contributed by atoms with Gasteiger partial charge in [-0.2, -0.15) is 26.3 Å². The Balaban J connectivity index is 3.45.